The highest BCUT2D eigenvalue weighted by Crippen LogP contribution is 2.08. The molecule has 0 saturated carbocycles. The molecule has 30 heavy (non-hydrogen) atoms. The fraction of sp³-hybridized carbons (Fsp3) is 0.722. The molecule has 0 heterocycles. The van der Waals surface area contributed by atoms with E-state index < -0.39 is 60.8 Å². The molecular formula is C18H33N5O7. The maximum absolute atomic E-state index is 12.7. The zero-order valence-corrected chi connectivity index (χ0v) is 17.3. The van der Waals surface area contributed by atoms with Crippen LogP contribution in [-0.4, -0.2) is 71.1 Å². The lowest BCUT2D eigenvalue weighted by atomic mass is 9.98. The largest absolute Gasteiger partial charge is 0.481 e. The van der Waals surface area contributed by atoms with Crippen molar-refractivity contribution in [2.75, 3.05) is 13.1 Å². The lowest BCUT2D eigenvalue weighted by Gasteiger charge is -2.25. The van der Waals surface area contributed by atoms with Crippen LogP contribution >= 0.6 is 0 Å². The summed E-state index contributed by atoms with van der Waals surface area (Å²) >= 11 is 0. The number of carbonyl (C=O) groups excluding carboxylic acids is 3. The number of hydrogen-bond donors (Lipinski definition) is 7. The molecule has 0 aromatic rings. The molecule has 172 valence electrons. The molecule has 0 aromatic carbocycles. The van der Waals surface area contributed by atoms with E-state index in [1.807, 2.05) is 12.2 Å². The summed E-state index contributed by atoms with van der Waals surface area (Å²) in [5.74, 6) is -5.09. The molecule has 0 aliphatic heterocycles. The molecule has 4 atom stereocenters. The minimum Gasteiger partial charge on any atom is -0.481 e. The van der Waals surface area contributed by atoms with Gasteiger partial charge >= 0.3 is 11.9 Å². The van der Waals surface area contributed by atoms with Crippen molar-refractivity contribution >= 4 is 29.7 Å². The molecule has 9 N–H and O–H groups in total. The number of hydrogen-bond acceptors (Lipinski definition) is 7. The van der Waals surface area contributed by atoms with E-state index in [-0.39, 0.29) is 12.3 Å². The molecule has 0 aliphatic carbocycles. The summed E-state index contributed by atoms with van der Waals surface area (Å²) in [5.41, 5.74) is 11.4. The first-order valence-electron chi connectivity index (χ1n) is 9.81. The van der Waals surface area contributed by atoms with E-state index in [9.17, 15) is 24.0 Å². The number of carboxylic acid groups (broad SMARTS) is 2. The van der Waals surface area contributed by atoms with Gasteiger partial charge in [-0.1, -0.05) is 20.3 Å². The van der Waals surface area contributed by atoms with E-state index in [0.29, 0.717) is 25.8 Å². The van der Waals surface area contributed by atoms with Gasteiger partial charge in [-0.15, -0.1) is 0 Å². The van der Waals surface area contributed by atoms with E-state index in [1.54, 1.807) is 6.92 Å². The average Bonchev–Trinajstić information content (AvgIpc) is 2.68. The summed E-state index contributed by atoms with van der Waals surface area (Å²) in [6.07, 6.45) is 1.20. The Labute approximate surface area is 175 Å². The van der Waals surface area contributed by atoms with Gasteiger partial charge < -0.3 is 37.6 Å². The molecule has 12 heteroatoms. The standard InChI is InChI=1S/C18H33N5O7/c1-3-10(2)15(20)18(30)22-11(6-4-5-7-19)17(29)23-12(8-13(24)25)16(28)21-9-14(26)27/h10-12,15H,3-9,19-20H2,1-2H3,(H,21,28)(H,22,30)(H,23,29)(H,24,25)(H,26,27). The van der Waals surface area contributed by atoms with Crippen molar-refractivity contribution in [3.63, 3.8) is 0 Å². The Morgan fingerprint density at radius 3 is 2.00 bits per heavy atom. The van der Waals surface area contributed by atoms with Crippen LogP contribution in [0, 0.1) is 5.92 Å². The third-order valence-electron chi connectivity index (χ3n) is 4.57. The summed E-state index contributed by atoms with van der Waals surface area (Å²) in [7, 11) is 0. The van der Waals surface area contributed by atoms with Crippen molar-refractivity contribution < 1.29 is 34.2 Å². The maximum Gasteiger partial charge on any atom is 0.322 e. The first-order valence-corrected chi connectivity index (χ1v) is 9.81. The minimum atomic E-state index is -1.51. The van der Waals surface area contributed by atoms with Gasteiger partial charge in [0.2, 0.25) is 17.7 Å². The molecule has 0 aliphatic rings. The van der Waals surface area contributed by atoms with E-state index in [4.69, 9.17) is 21.7 Å². The van der Waals surface area contributed by atoms with Crippen LogP contribution in [0.1, 0.15) is 46.0 Å². The van der Waals surface area contributed by atoms with Crippen molar-refractivity contribution in [3.05, 3.63) is 0 Å². The van der Waals surface area contributed by atoms with Crippen LogP contribution in [0.3, 0.4) is 0 Å². The summed E-state index contributed by atoms with van der Waals surface area (Å²) in [4.78, 5) is 58.8. The van der Waals surface area contributed by atoms with Gasteiger partial charge in [-0.25, -0.2) is 0 Å². The Kier molecular flexibility index (Phi) is 13.0. The van der Waals surface area contributed by atoms with Crippen LogP contribution in [0.5, 0.6) is 0 Å². The van der Waals surface area contributed by atoms with Crippen LogP contribution < -0.4 is 27.4 Å². The zero-order chi connectivity index (χ0) is 23.3. The lowest BCUT2D eigenvalue weighted by molar-refractivity contribution is -0.141. The fourth-order valence-electron chi connectivity index (χ4n) is 2.48. The smallest absolute Gasteiger partial charge is 0.322 e. The third kappa shape index (κ3) is 10.7. The third-order valence-corrected chi connectivity index (χ3v) is 4.57. The second kappa shape index (κ2) is 14.3. The van der Waals surface area contributed by atoms with Crippen molar-refractivity contribution in [3.8, 4) is 0 Å². The molecule has 0 rings (SSSR count). The predicted molar refractivity (Wildman–Crippen MR) is 107 cm³/mol. The Hall–Kier alpha value is -2.73. The summed E-state index contributed by atoms with van der Waals surface area (Å²) < 4.78 is 0. The van der Waals surface area contributed by atoms with Crippen LogP contribution in [0.25, 0.3) is 0 Å². The number of amides is 3. The number of nitrogens with one attached hydrogen (secondary N) is 3. The monoisotopic (exact) mass is 431 g/mol. The van der Waals surface area contributed by atoms with Gasteiger partial charge in [0.25, 0.3) is 0 Å². The molecule has 0 saturated heterocycles. The van der Waals surface area contributed by atoms with Crippen molar-refractivity contribution in [1.29, 1.82) is 0 Å². The van der Waals surface area contributed by atoms with Crippen molar-refractivity contribution in [1.82, 2.24) is 16.0 Å². The van der Waals surface area contributed by atoms with Crippen LogP contribution in [0.15, 0.2) is 0 Å². The molecular weight excluding hydrogens is 398 g/mol. The van der Waals surface area contributed by atoms with Crippen molar-refractivity contribution in [2.45, 2.75) is 64.1 Å². The molecule has 0 spiro atoms. The normalized spacial score (nSPS) is 14.7. The first kappa shape index (κ1) is 27.3. The Morgan fingerprint density at radius 1 is 0.900 bits per heavy atom. The summed E-state index contributed by atoms with van der Waals surface area (Å²) in [5, 5.41) is 24.5. The zero-order valence-electron chi connectivity index (χ0n) is 17.3. The number of aliphatic carboxylic acids is 2. The average molecular weight is 431 g/mol. The van der Waals surface area contributed by atoms with Crippen LogP contribution in [-0.2, 0) is 24.0 Å². The SMILES string of the molecule is CCC(C)C(N)C(=O)NC(CCCCN)C(=O)NC(CC(=O)O)C(=O)NCC(=O)O. The molecule has 0 fully saturated rings. The molecule has 12 nitrogen and oxygen atoms in total. The van der Waals surface area contributed by atoms with Gasteiger partial charge in [-0.2, -0.15) is 0 Å². The van der Waals surface area contributed by atoms with Crippen LogP contribution in [0.4, 0.5) is 0 Å². The highest BCUT2D eigenvalue weighted by atomic mass is 16.4. The number of unbranched alkanes of at least 4 members (excludes halogenated alkanes) is 1. The predicted octanol–water partition coefficient (Wildman–Crippen LogP) is -1.87. The minimum absolute atomic E-state index is 0.126. The number of rotatable bonds is 15. The molecule has 0 bridgehead atoms. The van der Waals surface area contributed by atoms with Gasteiger partial charge in [0.15, 0.2) is 0 Å². The maximum atomic E-state index is 12.7. The van der Waals surface area contributed by atoms with E-state index in [0.717, 1.165) is 0 Å². The first-order chi connectivity index (χ1) is 14.0. The lowest BCUT2D eigenvalue weighted by Crippen LogP contribution is -2.57. The number of carboxylic acids is 2. The van der Waals surface area contributed by atoms with E-state index in [2.05, 4.69) is 10.6 Å². The quantitative estimate of drug-likeness (QED) is 0.144. The van der Waals surface area contributed by atoms with Gasteiger partial charge in [0, 0.05) is 0 Å². The van der Waals surface area contributed by atoms with Gasteiger partial charge in [0.1, 0.15) is 18.6 Å². The highest BCUT2D eigenvalue weighted by Gasteiger charge is 2.30. The van der Waals surface area contributed by atoms with Crippen LogP contribution in [0.2, 0.25) is 0 Å². The Bertz CT molecular complexity index is 614. The van der Waals surface area contributed by atoms with Gasteiger partial charge in [0.05, 0.1) is 12.5 Å². The molecule has 4 unspecified atom stereocenters. The second-order valence-corrected chi connectivity index (χ2v) is 7.03. The fourth-order valence-corrected chi connectivity index (χ4v) is 2.48. The Balaban J connectivity index is 5.30. The van der Waals surface area contributed by atoms with Crippen molar-refractivity contribution in [2.24, 2.45) is 17.4 Å². The highest BCUT2D eigenvalue weighted by molar-refractivity contribution is 5.95. The van der Waals surface area contributed by atoms with E-state index >= 15 is 0 Å². The van der Waals surface area contributed by atoms with E-state index in [1.165, 1.54) is 0 Å². The molecule has 0 radical (unpaired) electrons. The van der Waals surface area contributed by atoms with Gasteiger partial charge in [-0.3, -0.25) is 24.0 Å². The summed E-state index contributed by atoms with van der Waals surface area (Å²) in [6.45, 7) is 3.32. The van der Waals surface area contributed by atoms with Gasteiger partial charge in [-0.05, 0) is 31.7 Å². The Morgan fingerprint density at radius 2 is 1.50 bits per heavy atom. The second-order valence-electron chi connectivity index (χ2n) is 7.03. The summed E-state index contributed by atoms with van der Waals surface area (Å²) in [6, 6.07) is -3.40. The number of nitrogens with two attached hydrogens (primary N) is 2. The molecule has 0 aromatic heterocycles. The number of carbonyl (C=O) groups is 5. The molecule has 3 amide bonds. The topological polar surface area (TPSA) is 214 Å².